The highest BCUT2D eigenvalue weighted by molar-refractivity contribution is 14.0. The molecular weight excluding hydrogens is 510 g/mol. The van der Waals surface area contributed by atoms with Crippen molar-refractivity contribution in [1.29, 1.82) is 0 Å². The van der Waals surface area contributed by atoms with E-state index in [1.807, 2.05) is 42.1 Å². The number of carbonyl (C=O) groups excluding carboxylic acids is 1. The number of hydrogen-bond donors (Lipinski definition) is 3. The van der Waals surface area contributed by atoms with Crippen LogP contribution in [0.2, 0.25) is 0 Å². The van der Waals surface area contributed by atoms with Gasteiger partial charge in [0, 0.05) is 24.6 Å². The molecule has 1 amide bonds. The fourth-order valence-corrected chi connectivity index (χ4v) is 2.88. The van der Waals surface area contributed by atoms with Gasteiger partial charge < -0.3 is 16.0 Å². The molecule has 3 rings (SSSR count). The van der Waals surface area contributed by atoms with Gasteiger partial charge in [-0.15, -0.1) is 24.0 Å². The molecular formula is C22H26FIN6O. The smallest absolute Gasteiger partial charge is 0.243 e. The number of carbonyl (C=O) groups is 1. The van der Waals surface area contributed by atoms with E-state index in [-0.39, 0.29) is 36.4 Å². The van der Waals surface area contributed by atoms with Crippen LogP contribution in [0.3, 0.4) is 0 Å². The molecule has 1 aromatic heterocycles. The second kappa shape index (κ2) is 12.7. The molecule has 0 unspecified atom stereocenters. The summed E-state index contributed by atoms with van der Waals surface area (Å²) in [6.07, 6.45) is 3.67. The van der Waals surface area contributed by atoms with Crippen LogP contribution in [-0.4, -0.2) is 34.7 Å². The van der Waals surface area contributed by atoms with Gasteiger partial charge in [-0.05, 0) is 42.3 Å². The molecule has 164 valence electrons. The van der Waals surface area contributed by atoms with Gasteiger partial charge in [-0.3, -0.25) is 9.48 Å². The number of hydrogen-bond acceptors (Lipinski definition) is 3. The van der Waals surface area contributed by atoms with Crippen LogP contribution < -0.4 is 16.0 Å². The van der Waals surface area contributed by atoms with Gasteiger partial charge in [0.1, 0.15) is 5.82 Å². The van der Waals surface area contributed by atoms with Crippen LogP contribution in [0.25, 0.3) is 0 Å². The van der Waals surface area contributed by atoms with E-state index in [4.69, 9.17) is 0 Å². The number of aromatic nitrogens is 2. The zero-order valence-corrected chi connectivity index (χ0v) is 19.5. The Labute approximate surface area is 198 Å². The van der Waals surface area contributed by atoms with Crippen LogP contribution >= 0.6 is 24.0 Å². The zero-order chi connectivity index (χ0) is 21.2. The second-order valence-corrected chi connectivity index (χ2v) is 6.58. The van der Waals surface area contributed by atoms with Crippen molar-refractivity contribution >= 4 is 41.5 Å². The Kier molecular flexibility index (Phi) is 9.95. The Morgan fingerprint density at radius 1 is 1.10 bits per heavy atom. The highest BCUT2D eigenvalue weighted by Gasteiger charge is 2.07. The molecule has 9 heteroatoms. The first kappa shape index (κ1) is 24.3. The molecule has 0 spiro atoms. The number of rotatable bonds is 8. The Morgan fingerprint density at radius 3 is 2.61 bits per heavy atom. The lowest BCUT2D eigenvalue weighted by Gasteiger charge is -2.13. The van der Waals surface area contributed by atoms with E-state index in [1.54, 1.807) is 18.3 Å². The summed E-state index contributed by atoms with van der Waals surface area (Å²) in [6.45, 7) is 3.75. The second-order valence-electron chi connectivity index (χ2n) is 6.58. The molecule has 0 aliphatic carbocycles. The third-order valence-electron chi connectivity index (χ3n) is 4.29. The minimum atomic E-state index is -0.399. The van der Waals surface area contributed by atoms with Crippen molar-refractivity contribution in [3.8, 4) is 0 Å². The predicted molar refractivity (Wildman–Crippen MR) is 131 cm³/mol. The summed E-state index contributed by atoms with van der Waals surface area (Å²) in [5.74, 6) is -0.157. The van der Waals surface area contributed by atoms with Crippen LogP contribution in [-0.2, 0) is 17.9 Å². The van der Waals surface area contributed by atoms with E-state index in [2.05, 4.69) is 32.1 Å². The molecule has 0 aliphatic rings. The summed E-state index contributed by atoms with van der Waals surface area (Å²) in [5, 5.41) is 13.0. The molecule has 0 saturated carbocycles. The first-order valence-electron chi connectivity index (χ1n) is 9.76. The molecule has 0 fully saturated rings. The molecule has 0 radical (unpaired) electrons. The van der Waals surface area contributed by atoms with Crippen molar-refractivity contribution in [1.82, 2.24) is 20.4 Å². The topological polar surface area (TPSA) is 83.3 Å². The summed E-state index contributed by atoms with van der Waals surface area (Å²) < 4.78 is 15.1. The Morgan fingerprint density at radius 2 is 1.90 bits per heavy atom. The maximum absolute atomic E-state index is 13.2. The average molecular weight is 536 g/mol. The summed E-state index contributed by atoms with van der Waals surface area (Å²) in [4.78, 5) is 16.7. The summed E-state index contributed by atoms with van der Waals surface area (Å²) in [5.41, 5.74) is 2.62. The molecule has 3 aromatic rings. The van der Waals surface area contributed by atoms with Crippen molar-refractivity contribution in [3.05, 3.63) is 83.9 Å². The van der Waals surface area contributed by atoms with Crippen molar-refractivity contribution in [2.45, 2.75) is 20.0 Å². The molecule has 7 nitrogen and oxygen atoms in total. The fraction of sp³-hybridized carbons (Fsp3) is 0.227. The van der Waals surface area contributed by atoms with Gasteiger partial charge in [0.25, 0.3) is 0 Å². The number of aliphatic imine (C=N–C) groups is 1. The summed E-state index contributed by atoms with van der Waals surface area (Å²) >= 11 is 0. The number of halogens is 2. The molecule has 2 aromatic carbocycles. The standard InChI is InChI=1S/C22H25FN6O.HI/c1-2-24-22(26-15-21(30)28-20-10-5-9-19(23)13-20)25-14-17-7-3-4-8-18(17)16-29-12-6-11-27-29;/h3-13H,2,14-16H2,1H3,(H,28,30)(H2,24,25,26);1H. The first-order chi connectivity index (χ1) is 14.6. The van der Waals surface area contributed by atoms with Gasteiger partial charge in [-0.1, -0.05) is 30.3 Å². The van der Waals surface area contributed by atoms with Crippen molar-refractivity contribution < 1.29 is 9.18 Å². The maximum Gasteiger partial charge on any atom is 0.243 e. The molecule has 0 atom stereocenters. The quantitative estimate of drug-likeness (QED) is 0.234. The molecule has 0 aliphatic heterocycles. The van der Waals surface area contributed by atoms with Crippen LogP contribution in [0, 0.1) is 5.82 Å². The molecule has 0 saturated heterocycles. The monoisotopic (exact) mass is 536 g/mol. The van der Waals surface area contributed by atoms with E-state index in [0.29, 0.717) is 31.3 Å². The number of benzene rings is 2. The van der Waals surface area contributed by atoms with Crippen LogP contribution in [0.5, 0.6) is 0 Å². The summed E-state index contributed by atoms with van der Waals surface area (Å²) in [7, 11) is 0. The molecule has 31 heavy (non-hydrogen) atoms. The van der Waals surface area contributed by atoms with Crippen molar-refractivity contribution in [2.75, 3.05) is 18.4 Å². The maximum atomic E-state index is 13.2. The first-order valence-corrected chi connectivity index (χ1v) is 9.76. The summed E-state index contributed by atoms with van der Waals surface area (Å²) in [6, 6.07) is 15.7. The van der Waals surface area contributed by atoms with E-state index in [0.717, 1.165) is 11.1 Å². The van der Waals surface area contributed by atoms with Crippen molar-refractivity contribution in [3.63, 3.8) is 0 Å². The lowest BCUT2D eigenvalue weighted by atomic mass is 10.1. The number of nitrogens with zero attached hydrogens (tertiary/aromatic N) is 3. The number of amides is 1. The number of anilines is 1. The molecule has 1 heterocycles. The van der Waals surface area contributed by atoms with Gasteiger partial charge in [0.15, 0.2) is 5.96 Å². The van der Waals surface area contributed by atoms with Crippen LogP contribution in [0.1, 0.15) is 18.1 Å². The Bertz CT molecular complexity index is 993. The van der Waals surface area contributed by atoms with Gasteiger partial charge in [-0.2, -0.15) is 5.10 Å². The predicted octanol–water partition coefficient (Wildman–Crippen LogP) is 3.38. The van der Waals surface area contributed by atoms with E-state index >= 15 is 0 Å². The SMILES string of the molecule is CCNC(=NCc1ccccc1Cn1cccn1)NCC(=O)Nc1cccc(F)c1.I. The Balaban J connectivity index is 0.00000341. The van der Waals surface area contributed by atoms with E-state index in [1.165, 1.54) is 12.1 Å². The molecule has 3 N–H and O–H groups in total. The largest absolute Gasteiger partial charge is 0.357 e. The minimum Gasteiger partial charge on any atom is -0.357 e. The highest BCUT2D eigenvalue weighted by Crippen LogP contribution is 2.12. The van der Waals surface area contributed by atoms with Gasteiger partial charge >= 0.3 is 0 Å². The highest BCUT2D eigenvalue weighted by atomic mass is 127. The normalized spacial score (nSPS) is 10.8. The Hall–Kier alpha value is -2.95. The number of guanidine groups is 1. The lowest BCUT2D eigenvalue weighted by Crippen LogP contribution is -2.41. The third-order valence-corrected chi connectivity index (χ3v) is 4.29. The molecule has 0 bridgehead atoms. The average Bonchev–Trinajstić information content (AvgIpc) is 3.24. The minimum absolute atomic E-state index is 0. The van der Waals surface area contributed by atoms with E-state index in [9.17, 15) is 9.18 Å². The van der Waals surface area contributed by atoms with Gasteiger partial charge in [0.05, 0.1) is 19.6 Å². The van der Waals surface area contributed by atoms with E-state index < -0.39 is 5.82 Å². The van der Waals surface area contributed by atoms with Crippen LogP contribution in [0.15, 0.2) is 72.0 Å². The van der Waals surface area contributed by atoms with Crippen molar-refractivity contribution in [2.24, 2.45) is 4.99 Å². The van der Waals surface area contributed by atoms with Gasteiger partial charge in [-0.25, -0.2) is 9.38 Å². The van der Waals surface area contributed by atoms with Crippen LogP contribution in [0.4, 0.5) is 10.1 Å². The zero-order valence-electron chi connectivity index (χ0n) is 17.2. The third kappa shape index (κ3) is 8.00. The van der Waals surface area contributed by atoms with Gasteiger partial charge in [0.2, 0.25) is 5.91 Å². The lowest BCUT2D eigenvalue weighted by molar-refractivity contribution is -0.115. The number of nitrogens with one attached hydrogen (secondary N) is 3. The fourth-order valence-electron chi connectivity index (χ4n) is 2.88.